The Morgan fingerprint density at radius 1 is 0.567 bits per heavy atom. The molecule has 5 unspecified atom stereocenters. The van der Waals surface area contributed by atoms with Crippen LogP contribution in [0.15, 0.2) is 0 Å². The Bertz CT molecular complexity index is 616. The summed E-state index contributed by atoms with van der Waals surface area (Å²) in [6.07, 6.45) is 25.1. The Labute approximate surface area is 185 Å². The van der Waals surface area contributed by atoms with Crippen molar-refractivity contribution in [1.29, 1.82) is 0 Å². The van der Waals surface area contributed by atoms with E-state index >= 15 is 0 Å². The molecule has 30 heavy (non-hydrogen) atoms. The van der Waals surface area contributed by atoms with Crippen molar-refractivity contribution in [2.75, 3.05) is 6.54 Å². The van der Waals surface area contributed by atoms with Gasteiger partial charge in [-0.3, -0.25) is 0 Å². The van der Waals surface area contributed by atoms with Gasteiger partial charge in [0.15, 0.2) is 0 Å². The molecule has 3 heterocycles. The summed E-state index contributed by atoms with van der Waals surface area (Å²) in [6.45, 7) is 3.71. The summed E-state index contributed by atoms with van der Waals surface area (Å²) in [5.74, 6) is 0. The lowest BCUT2D eigenvalue weighted by molar-refractivity contribution is 0.0250. The first-order valence-corrected chi connectivity index (χ1v) is 13.8. The molecular formula is C27H47N3. The van der Waals surface area contributed by atoms with Crippen LogP contribution >= 0.6 is 0 Å². The Balaban J connectivity index is 1.09. The van der Waals surface area contributed by atoms with Crippen molar-refractivity contribution < 1.29 is 0 Å². The largest absolute Gasteiger partial charge is 0.314 e. The van der Waals surface area contributed by atoms with Crippen LogP contribution in [0.2, 0.25) is 0 Å². The lowest BCUT2D eigenvalue weighted by Crippen LogP contribution is -2.57. The van der Waals surface area contributed by atoms with Crippen molar-refractivity contribution in [3.8, 4) is 0 Å². The van der Waals surface area contributed by atoms with Gasteiger partial charge in [0.2, 0.25) is 0 Å². The number of piperidine rings is 3. The predicted octanol–water partition coefficient (Wildman–Crippen LogP) is 5.29. The molecular weight excluding hydrogens is 366 g/mol. The van der Waals surface area contributed by atoms with Crippen LogP contribution in [0.3, 0.4) is 0 Å². The van der Waals surface area contributed by atoms with E-state index in [0.29, 0.717) is 5.41 Å². The molecule has 3 saturated carbocycles. The van der Waals surface area contributed by atoms with E-state index < -0.39 is 0 Å². The van der Waals surface area contributed by atoms with Crippen LogP contribution in [0.5, 0.6) is 0 Å². The fraction of sp³-hybridized carbons (Fsp3) is 1.00. The molecule has 0 aromatic rings. The highest BCUT2D eigenvalue weighted by atomic mass is 15.0. The molecule has 3 aliphatic heterocycles. The average Bonchev–Trinajstić information content (AvgIpc) is 3.25. The molecule has 3 nitrogen and oxygen atoms in total. The van der Waals surface area contributed by atoms with Crippen molar-refractivity contribution in [2.45, 2.75) is 146 Å². The third-order valence-electron chi connectivity index (χ3n) is 10.7. The molecule has 170 valence electrons. The molecule has 0 radical (unpaired) electrons. The van der Waals surface area contributed by atoms with Crippen LogP contribution in [0.25, 0.3) is 0 Å². The van der Waals surface area contributed by atoms with Crippen LogP contribution < -0.4 is 16.0 Å². The summed E-state index contributed by atoms with van der Waals surface area (Å²) >= 11 is 0. The van der Waals surface area contributed by atoms with Gasteiger partial charge in [-0.25, -0.2) is 0 Å². The number of nitrogens with one attached hydrogen (secondary N) is 3. The summed E-state index contributed by atoms with van der Waals surface area (Å²) in [5, 5.41) is 12.2. The summed E-state index contributed by atoms with van der Waals surface area (Å²) in [4.78, 5) is 0. The van der Waals surface area contributed by atoms with E-state index in [1.54, 1.807) is 0 Å². The number of hydrogen-bond donors (Lipinski definition) is 3. The maximum absolute atomic E-state index is 4.23. The predicted molar refractivity (Wildman–Crippen MR) is 125 cm³/mol. The molecule has 0 amide bonds. The first-order chi connectivity index (χ1) is 14.5. The van der Waals surface area contributed by atoms with Crippen molar-refractivity contribution in [3.05, 3.63) is 0 Å². The third-order valence-corrected chi connectivity index (χ3v) is 10.7. The SMILES string of the molecule is CC1CC2(CC2)CC(CC2CC3(CCC3)CC(CC3CC4(CCCC4)CCN3)N2)N1. The second-order valence-corrected chi connectivity index (χ2v) is 13.3. The summed E-state index contributed by atoms with van der Waals surface area (Å²) in [7, 11) is 0. The van der Waals surface area contributed by atoms with E-state index in [0.717, 1.165) is 41.0 Å². The topological polar surface area (TPSA) is 36.1 Å². The van der Waals surface area contributed by atoms with Gasteiger partial charge in [0.25, 0.3) is 0 Å². The second-order valence-electron chi connectivity index (χ2n) is 13.3. The van der Waals surface area contributed by atoms with E-state index in [2.05, 4.69) is 22.9 Å². The minimum Gasteiger partial charge on any atom is -0.314 e. The fourth-order valence-corrected chi connectivity index (χ4v) is 9.15. The summed E-state index contributed by atoms with van der Waals surface area (Å²) < 4.78 is 0. The van der Waals surface area contributed by atoms with Crippen LogP contribution in [-0.2, 0) is 0 Å². The number of rotatable bonds is 4. The minimum atomic E-state index is 0.706. The van der Waals surface area contributed by atoms with Gasteiger partial charge in [-0.2, -0.15) is 0 Å². The molecule has 5 atom stereocenters. The molecule has 0 aromatic carbocycles. The molecule has 3 saturated heterocycles. The third kappa shape index (κ3) is 4.13. The zero-order chi connectivity index (χ0) is 20.2. The number of hydrogen-bond acceptors (Lipinski definition) is 3. The van der Waals surface area contributed by atoms with Gasteiger partial charge in [-0.1, -0.05) is 19.3 Å². The van der Waals surface area contributed by atoms with Gasteiger partial charge in [-0.05, 0) is 120 Å². The molecule has 3 aliphatic carbocycles. The van der Waals surface area contributed by atoms with Gasteiger partial charge in [0, 0.05) is 30.2 Å². The minimum absolute atomic E-state index is 0.706. The Hall–Kier alpha value is -0.120. The van der Waals surface area contributed by atoms with Crippen LogP contribution in [0.4, 0.5) is 0 Å². The lowest BCUT2D eigenvalue weighted by Gasteiger charge is -2.53. The Kier molecular flexibility index (Phi) is 5.28. The van der Waals surface area contributed by atoms with Crippen molar-refractivity contribution in [1.82, 2.24) is 16.0 Å². The molecule has 3 heteroatoms. The zero-order valence-electron chi connectivity index (χ0n) is 19.6. The summed E-state index contributed by atoms with van der Waals surface area (Å²) in [6, 6.07) is 3.78. The maximum atomic E-state index is 4.23. The van der Waals surface area contributed by atoms with Gasteiger partial charge < -0.3 is 16.0 Å². The molecule has 3 spiro atoms. The zero-order valence-corrected chi connectivity index (χ0v) is 19.6. The first kappa shape index (κ1) is 20.5. The fourth-order valence-electron chi connectivity index (χ4n) is 9.15. The van der Waals surface area contributed by atoms with E-state index in [-0.39, 0.29) is 0 Å². The highest BCUT2D eigenvalue weighted by molar-refractivity contribution is 5.05. The standard InChI is InChI=1S/C27H47N3/c1-20-15-27(9-10-27)17-22(29-20)14-24-19-26(7-4-8-26)18-23(30-24)13-21-16-25(11-12-28-21)5-2-3-6-25/h20-24,28-30H,2-19H2,1H3. The summed E-state index contributed by atoms with van der Waals surface area (Å²) in [5.41, 5.74) is 2.18. The molecule has 0 bridgehead atoms. The van der Waals surface area contributed by atoms with Crippen molar-refractivity contribution >= 4 is 0 Å². The average molecular weight is 414 g/mol. The highest BCUT2D eigenvalue weighted by Gasteiger charge is 2.50. The van der Waals surface area contributed by atoms with Gasteiger partial charge in [-0.15, -0.1) is 0 Å². The molecule has 6 rings (SSSR count). The van der Waals surface area contributed by atoms with Crippen LogP contribution in [0, 0.1) is 16.2 Å². The van der Waals surface area contributed by atoms with Crippen molar-refractivity contribution in [2.24, 2.45) is 16.2 Å². The maximum Gasteiger partial charge on any atom is 0.00897 e. The van der Waals surface area contributed by atoms with E-state index in [4.69, 9.17) is 0 Å². The van der Waals surface area contributed by atoms with Gasteiger partial charge in [0.1, 0.15) is 0 Å². The van der Waals surface area contributed by atoms with Crippen molar-refractivity contribution in [3.63, 3.8) is 0 Å². The normalized spacial score (nSPS) is 43.7. The molecule has 6 fully saturated rings. The Morgan fingerprint density at radius 3 is 1.77 bits per heavy atom. The van der Waals surface area contributed by atoms with Gasteiger partial charge in [0.05, 0.1) is 0 Å². The molecule has 3 N–H and O–H groups in total. The quantitative estimate of drug-likeness (QED) is 0.586. The highest BCUT2D eigenvalue weighted by Crippen LogP contribution is 2.56. The van der Waals surface area contributed by atoms with E-state index in [9.17, 15) is 0 Å². The van der Waals surface area contributed by atoms with Gasteiger partial charge >= 0.3 is 0 Å². The van der Waals surface area contributed by atoms with E-state index in [1.807, 2.05) is 0 Å². The smallest absolute Gasteiger partial charge is 0.00897 e. The molecule has 6 aliphatic rings. The first-order valence-electron chi connectivity index (χ1n) is 13.8. The van der Waals surface area contributed by atoms with Crippen LogP contribution in [0.1, 0.15) is 116 Å². The lowest BCUT2D eigenvalue weighted by atomic mass is 9.59. The monoisotopic (exact) mass is 413 g/mol. The van der Waals surface area contributed by atoms with E-state index in [1.165, 1.54) is 116 Å². The molecule has 0 aromatic heterocycles. The van der Waals surface area contributed by atoms with Crippen LogP contribution in [-0.4, -0.2) is 36.8 Å². The second kappa shape index (κ2) is 7.73. The Morgan fingerprint density at radius 2 is 1.13 bits per heavy atom.